The smallest absolute Gasteiger partial charge is 0.213 e. The van der Waals surface area contributed by atoms with Crippen molar-refractivity contribution in [2.24, 2.45) is 0 Å². The molecule has 82 valence electrons. The summed E-state index contributed by atoms with van der Waals surface area (Å²) < 4.78 is 11.6. The molecule has 0 saturated carbocycles. The van der Waals surface area contributed by atoms with Crippen molar-refractivity contribution in [1.29, 1.82) is 0 Å². The quantitative estimate of drug-likeness (QED) is 0.459. The van der Waals surface area contributed by atoms with E-state index in [-0.39, 0.29) is 0 Å². The van der Waals surface area contributed by atoms with Gasteiger partial charge in [0.2, 0.25) is 5.88 Å². The second kappa shape index (κ2) is 6.79. The van der Waals surface area contributed by atoms with E-state index >= 15 is 0 Å². The molecule has 0 atom stereocenters. The number of ether oxygens (including phenoxy) is 2. The molecule has 0 aliphatic carbocycles. The van der Waals surface area contributed by atoms with Crippen molar-refractivity contribution in [3.63, 3.8) is 0 Å². The summed E-state index contributed by atoms with van der Waals surface area (Å²) in [4.78, 5) is 4.13. The molecule has 0 aliphatic heterocycles. The Kier molecular flexibility index (Phi) is 5.63. The first-order valence-electron chi connectivity index (χ1n) is 4.65. The zero-order valence-corrected chi connectivity index (χ0v) is 10.9. The van der Waals surface area contributed by atoms with Crippen LogP contribution in [0.2, 0.25) is 0 Å². The molecule has 0 bridgehead atoms. The van der Waals surface area contributed by atoms with Crippen LogP contribution >= 0.6 is 22.6 Å². The average molecular weight is 319 g/mol. The van der Waals surface area contributed by atoms with Gasteiger partial charge >= 0.3 is 0 Å². The molecule has 4 heteroatoms. The molecule has 1 aromatic heterocycles. The van der Waals surface area contributed by atoms with E-state index in [4.69, 9.17) is 9.47 Å². The van der Waals surface area contributed by atoms with Crippen LogP contribution in [-0.2, 0) is 11.3 Å². The highest BCUT2D eigenvalue weighted by atomic mass is 127. The van der Waals surface area contributed by atoms with Gasteiger partial charge < -0.3 is 9.47 Å². The van der Waals surface area contributed by atoms with E-state index in [0.29, 0.717) is 19.1 Å². The minimum atomic E-state index is 0.586. The first-order chi connectivity index (χ1) is 7.27. The standard InChI is InChI=1S/C11H14INO2/c1-3-4-5-15-8-9-7-13-11(14-2)6-10(9)12/h3,6-7H,1,4-5,8H2,2H3. The fourth-order valence-corrected chi connectivity index (χ4v) is 1.57. The molecule has 0 fully saturated rings. The van der Waals surface area contributed by atoms with Gasteiger partial charge in [-0.05, 0) is 29.0 Å². The Bertz CT molecular complexity index is 328. The van der Waals surface area contributed by atoms with Crippen molar-refractivity contribution in [3.8, 4) is 5.88 Å². The minimum absolute atomic E-state index is 0.586. The van der Waals surface area contributed by atoms with Crippen LogP contribution in [0, 0.1) is 3.57 Å². The summed E-state index contributed by atoms with van der Waals surface area (Å²) in [7, 11) is 1.61. The normalized spacial score (nSPS) is 10.0. The minimum Gasteiger partial charge on any atom is -0.481 e. The molecule has 0 radical (unpaired) electrons. The zero-order valence-electron chi connectivity index (χ0n) is 8.70. The van der Waals surface area contributed by atoms with Crippen LogP contribution in [0.1, 0.15) is 12.0 Å². The van der Waals surface area contributed by atoms with Crippen LogP contribution in [0.4, 0.5) is 0 Å². The fourth-order valence-electron chi connectivity index (χ4n) is 1.01. The molecule has 1 rings (SSSR count). The number of pyridine rings is 1. The third kappa shape index (κ3) is 4.17. The molecule has 0 amide bonds. The van der Waals surface area contributed by atoms with Gasteiger partial charge in [0.25, 0.3) is 0 Å². The second-order valence-corrected chi connectivity index (χ2v) is 4.11. The van der Waals surface area contributed by atoms with Crippen molar-refractivity contribution < 1.29 is 9.47 Å². The molecule has 1 aromatic rings. The predicted molar refractivity (Wildman–Crippen MR) is 68.0 cm³/mol. The monoisotopic (exact) mass is 319 g/mol. The summed E-state index contributed by atoms with van der Waals surface area (Å²) in [6.07, 6.45) is 4.51. The molecule has 3 nitrogen and oxygen atoms in total. The number of nitrogens with zero attached hydrogens (tertiary/aromatic N) is 1. The van der Waals surface area contributed by atoms with Gasteiger partial charge in [0.15, 0.2) is 0 Å². The molecular weight excluding hydrogens is 305 g/mol. The van der Waals surface area contributed by atoms with Gasteiger partial charge in [-0.3, -0.25) is 0 Å². The van der Waals surface area contributed by atoms with Gasteiger partial charge in [0, 0.05) is 21.4 Å². The first kappa shape index (κ1) is 12.4. The third-order valence-electron chi connectivity index (χ3n) is 1.84. The van der Waals surface area contributed by atoms with Crippen LogP contribution in [0.3, 0.4) is 0 Å². The van der Waals surface area contributed by atoms with Crippen LogP contribution in [0.15, 0.2) is 24.9 Å². The Morgan fingerprint density at radius 1 is 1.60 bits per heavy atom. The van der Waals surface area contributed by atoms with E-state index in [1.165, 1.54) is 0 Å². The molecular formula is C11H14INO2. The maximum absolute atomic E-state index is 5.46. The number of hydrogen-bond acceptors (Lipinski definition) is 3. The first-order valence-corrected chi connectivity index (χ1v) is 5.73. The van der Waals surface area contributed by atoms with Crippen molar-refractivity contribution in [2.45, 2.75) is 13.0 Å². The number of methoxy groups -OCH3 is 1. The zero-order chi connectivity index (χ0) is 11.1. The molecule has 0 aliphatic rings. The fraction of sp³-hybridized carbons (Fsp3) is 0.364. The Labute approximate surface area is 104 Å². The lowest BCUT2D eigenvalue weighted by Crippen LogP contribution is -1.98. The van der Waals surface area contributed by atoms with Crippen molar-refractivity contribution in [3.05, 3.63) is 34.1 Å². The van der Waals surface area contributed by atoms with Gasteiger partial charge in [-0.2, -0.15) is 0 Å². The summed E-state index contributed by atoms with van der Waals surface area (Å²) in [5, 5.41) is 0. The summed E-state index contributed by atoms with van der Waals surface area (Å²) in [6, 6.07) is 1.90. The van der Waals surface area contributed by atoms with Gasteiger partial charge in [-0.15, -0.1) is 6.58 Å². The van der Waals surface area contributed by atoms with Crippen LogP contribution in [0.25, 0.3) is 0 Å². The Morgan fingerprint density at radius 2 is 2.40 bits per heavy atom. The lowest BCUT2D eigenvalue weighted by atomic mass is 10.3. The topological polar surface area (TPSA) is 31.4 Å². The number of aromatic nitrogens is 1. The van der Waals surface area contributed by atoms with E-state index < -0.39 is 0 Å². The highest BCUT2D eigenvalue weighted by Gasteiger charge is 2.02. The predicted octanol–water partition coefficient (Wildman–Crippen LogP) is 2.79. The van der Waals surface area contributed by atoms with Crippen molar-refractivity contribution in [2.75, 3.05) is 13.7 Å². The molecule has 0 N–H and O–H groups in total. The molecule has 15 heavy (non-hydrogen) atoms. The highest BCUT2D eigenvalue weighted by Crippen LogP contribution is 2.17. The van der Waals surface area contributed by atoms with E-state index in [2.05, 4.69) is 34.2 Å². The van der Waals surface area contributed by atoms with Crippen molar-refractivity contribution in [1.82, 2.24) is 4.98 Å². The summed E-state index contributed by atoms with van der Waals surface area (Å²) in [5.41, 5.74) is 1.08. The maximum atomic E-state index is 5.46. The molecule has 0 unspecified atom stereocenters. The summed E-state index contributed by atoms with van der Waals surface area (Å²) >= 11 is 2.25. The molecule has 1 heterocycles. The number of halogens is 1. The van der Waals surface area contributed by atoms with Crippen molar-refractivity contribution >= 4 is 22.6 Å². The average Bonchev–Trinajstić information content (AvgIpc) is 2.26. The van der Waals surface area contributed by atoms with Gasteiger partial charge in [0.05, 0.1) is 20.3 Å². The second-order valence-electron chi connectivity index (χ2n) is 2.95. The third-order valence-corrected chi connectivity index (χ3v) is 2.84. The molecule has 0 aromatic carbocycles. The number of rotatable bonds is 6. The van der Waals surface area contributed by atoms with E-state index in [1.807, 2.05) is 12.1 Å². The van der Waals surface area contributed by atoms with Crippen LogP contribution in [0.5, 0.6) is 5.88 Å². The van der Waals surface area contributed by atoms with E-state index in [1.54, 1.807) is 13.3 Å². The van der Waals surface area contributed by atoms with Crippen LogP contribution < -0.4 is 4.74 Å². The maximum Gasteiger partial charge on any atom is 0.213 e. The Morgan fingerprint density at radius 3 is 3.00 bits per heavy atom. The van der Waals surface area contributed by atoms with E-state index in [0.717, 1.165) is 15.6 Å². The largest absolute Gasteiger partial charge is 0.481 e. The molecule has 0 saturated heterocycles. The Balaban J connectivity index is 2.50. The van der Waals surface area contributed by atoms with Crippen LogP contribution in [-0.4, -0.2) is 18.7 Å². The molecule has 0 spiro atoms. The van der Waals surface area contributed by atoms with Gasteiger partial charge in [-0.1, -0.05) is 6.08 Å². The van der Waals surface area contributed by atoms with Gasteiger partial charge in [0.1, 0.15) is 0 Å². The highest BCUT2D eigenvalue weighted by molar-refractivity contribution is 14.1. The Hall–Kier alpha value is -0.620. The van der Waals surface area contributed by atoms with E-state index in [9.17, 15) is 0 Å². The number of hydrogen-bond donors (Lipinski definition) is 0. The lowest BCUT2D eigenvalue weighted by Gasteiger charge is -2.06. The summed E-state index contributed by atoms with van der Waals surface area (Å²) in [5.74, 6) is 0.634. The lowest BCUT2D eigenvalue weighted by molar-refractivity contribution is 0.124. The SMILES string of the molecule is C=CCCOCc1cnc(OC)cc1I. The van der Waals surface area contributed by atoms with Gasteiger partial charge in [-0.25, -0.2) is 4.98 Å². The summed E-state index contributed by atoms with van der Waals surface area (Å²) in [6.45, 7) is 4.92.